The summed E-state index contributed by atoms with van der Waals surface area (Å²) >= 11 is 0. The molecule has 1 heterocycles. The number of rotatable bonds is 4. The number of aromatic nitrogens is 2. The van der Waals surface area contributed by atoms with Crippen LogP contribution in [0.5, 0.6) is 0 Å². The zero-order valence-electron chi connectivity index (χ0n) is 12.1. The molecule has 0 aliphatic rings. The van der Waals surface area contributed by atoms with Gasteiger partial charge in [0.05, 0.1) is 16.1 Å². The molecular formula is C15H16N2O4S. The lowest BCUT2D eigenvalue weighted by Gasteiger charge is -2.02. The Morgan fingerprint density at radius 2 is 1.82 bits per heavy atom. The van der Waals surface area contributed by atoms with Gasteiger partial charge >= 0.3 is 0 Å². The quantitative estimate of drug-likeness (QED) is 0.668. The molecule has 0 fully saturated rings. The Balaban J connectivity index is 2.46. The van der Waals surface area contributed by atoms with Crippen molar-refractivity contribution in [1.82, 2.24) is 9.78 Å². The molecule has 7 heteroatoms. The molecule has 0 amide bonds. The third-order valence-electron chi connectivity index (χ3n) is 3.08. The average molecular weight is 320 g/mol. The minimum Gasteiger partial charge on any atom is -0.295 e. The topological polar surface area (TPSA) is 92.2 Å². The maximum Gasteiger partial charge on any atom is 0.294 e. The molecule has 0 spiro atoms. The van der Waals surface area contributed by atoms with Crippen LogP contribution in [-0.4, -0.2) is 22.8 Å². The SMILES string of the molecule is CC=CC=Cc1c(C)[nH]n(-c2ccc(S(=O)(=O)O)cc2)c1=O. The molecule has 0 unspecified atom stereocenters. The number of H-pyrrole nitrogens is 1. The third kappa shape index (κ3) is 3.26. The summed E-state index contributed by atoms with van der Waals surface area (Å²) in [4.78, 5) is 12.1. The Bertz CT molecular complexity index is 885. The molecule has 0 bridgehead atoms. The molecule has 1 aromatic heterocycles. The maximum absolute atomic E-state index is 12.4. The molecule has 116 valence electrons. The molecule has 0 aliphatic heterocycles. The number of benzene rings is 1. The lowest BCUT2D eigenvalue weighted by Crippen LogP contribution is -2.16. The Kier molecular flexibility index (Phi) is 4.48. The second kappa shape index (κ2) is 6.17. The van der Waals surface area contributed by atoms with E-state index < -0.39 is 10.1 Å². The van der Waals surface area contributed by atoms with E-state index in [2.05, 4.69) is 5.10 Å². The van der Waals surface area contributed by atoms with Gasteiger partial charge in [0.15, 0.2) is 0 Å². The number of aromatic amines is 1. The van der Waals surface area contributed by atoms with Crippen LogP contribution in [0.15, 0.2) is 52.2 Å². The summed E-state index contributed by atoms with van der Waals surface area (Å²) in [7, 11) is -4.25. The summed E-state index contributed by atoms with van der Waals surface area (Å²) in [5.41, 5.74) is 1.46. The summed E-state index contributed by atoms with van der Waals surface area (Å²) in [6.45, 7) is 3.66. The molecule has 22 heavy (non-hydrogen) atoms. The number of nitrogens with one attached hydrogen (secondary N) is 1. The van der Waals surface area contributed by atoms with Crippen molar-refractivity contribution in [3.05, 3.63) is 64.1 Å². The molecule has 0 saturated heterocycles. The third-order valence-corrected chi connectivity index (χ3v) is 3.94. The van der Waals surface area contributed by atoms with Crippen molar-refractivity contribution >= 4 is 16.2 Å². The number of hydrogen-bond donors (Lipinski definition) is 2. The molecule has 2 N–H and O–H groups in total. The van der Waals surface area contributed by atoms with Gasteiger partial charge in [0, 0.05) is 5.69 Å². The second-order valence-electron chi connectivity index (χ2n) is 4.64. The van der Waals surface area contributed by atoms with Gasteiger partial charge in [-0.1, -0.05) is 18.2 Å². The van der Waals surface area contributed by atoms with Crippen molar-refractivity contribution in [1.29, 1.82) is 0 Å². The zero-order chi connectivity index (χ0) is 16.3. The molecule has 2 rings (SSSR count). The van der Waals surface area contributed by atoms with E-state index in [0.29, 0.717) is 16.9 Å². The van der Waals surface area contributed by atoms with Crippen molar-refractivity contribution in [3.8, 4) is 5.69 Å². The molecule has 2 aromatic rings. The molecule has 1 aromatic carbocycles. The normalized spacial score (nSPS) is 12.5. The van der Waals surface area contributed by atoms with Crippen LogP contribution < -0.4 is 5.56 Å². The Hall–Kier alpha value is -2.38. The first kappa shape index (κ1) is 16.0. The van der Waals surface area contributed by atoms with E-state index in [1.807, 2.05) is 19.1 Å². The minimum absolute atomic E-state index is 0.222. The molecule has 0 aliphatic carbocycles. The fraction of sp³-hybridized carbons (Fsp3) is 0.133. The molecule has 0 radical (unpaired) electrons. The Morgan fingerprint density at radius 1 is 1.18 bits per heavy atom. The van der Waals surface area contributed by atoms with Crippen LogP contribution in [0.4, 0.5) is 0 Å². The highest BCUT2D eigenvalue weighted by Crippen LogP contribution is 2.13. The lowest BCUT2D eigenvalue weighted by atomic mass is 10.2. The molecule has 6 nitrogen and oxygen atoms in total. The monoisotopic (exact) mass is 320 g/mol. The minimum atomic E-state index is -4.25. The smallest absolute Gasteiger partial charge is 0.294 e. The van der Waals surface area contributed by atoms with Gasteiger partial charge < -0.3 is 0 Å². The number of nitrogens with zero attached hydrogens (tertiary/aromatic N) is 1. The molecule has 0 saturated carbocycles. The van der Waals surface area contributed by atoms with Crippen molar-refractivity contribution in [3.63, 3.8) is 0 Å². The van der Waals surface area contributed by atoms with Crippen LogP contribution in [-0.2, 0) is 10.1 Å². The average Bonchev–Trinajstić information content (AvgIpc) is 2.74. The van der Waals surface area contributed by atoms with E-state index in [-0.39, 0.29) is 10.5 Å². The van der Waals surface area contributed by atoms with Crippen molar-refractivity contribution in [2.45, 2.75) is 18.7 Å². The first-order valence-corrected chi connectivity index (χ1v) is 7.97. The van der Waals surface area contributed by atoms with Crippen molar-refractivity contribution in [2.24, 2.45) is 0 Å². The maximum atomic E-state index is 12.4. The van der Waals surface area contributed by atoms with Gasteiger partial charge in [0.25, 0.3) is 15.7 Å². The van der Waals surface area contributed by atoms with Crippen molar-refractivity contribution in [2.75, 3.05) is 0 Å². The van der Waals surface area contributed by atoms with E-state index >= 15 is 0 Å². The highest BCUT2D eigenvalue weighted by Gasteiger charge is 2.12. The summed E-state index contributed by atoms with van der Waals surface area (Å²) in [6, 6.07) is 5.37. The predicted octanol–water partition coefficient (Wildman–Crippen LogP) is 2.31. The molecular weight excluding hydrogens is 304 g/mol. The van der Waals surface area contributed by atoms with Gasteiger partial charge in [-0.3, -0.25) is 14.4 Å². The lowest BCUT2D eigenvalue weighted by molar-refractivity contribution is 0.483. The van der Waals surface area contributed by atoms with Gasteiger partial charge in [-0.2, -0.15) is 8.42 Å². The van der Waals surface area contributed by atoms with E-state index in [0.717, 1.165) is 0 Å². The largest absolute Gasteiger partial charge is 0.295 e. The van der Waals surface area contributed by atoms with E-state index in [9.17, 15) is 13.2 Å². The summed E-state index contributed by atoms with van der Waals surface area (Å²) in [5.74, 6) is 0. The van der Waals surface area contributed by atoms with Gasteiger partial charge in [-0.05, 0) is 44.2 Å². The van der Waals surface area contributed by atoms with Crippen LogP contribution in [0.2, 0.25) is 0 Å². The van der Waals surface area contributed by atoms with E-state index in [4.69, 9.17) is 4.55 Å². The summed E-state index contributed by atoms with van der Waals surface area (Å²) in [5, 5.41) is 2.93. The predicted molar refractivity (Wildman–Crippen MR) is 84.8 cm³/mol. The first-order chi connectivity index (χ1) is 10.3. The van der Waals surface area contributed by atoms with Gasteiger partial charge in [0.1, 0.15) is 0 Å². The molecule has 0 atom stereocenters. The summed E-state index contributed by atoms with van der Waals surface area (Å²) < 4.78 is 32.3. The Labute approximate surface area is 128 Å². The zero-order valence-corrected chi connectivity index (χ0v) is 13.0. The van der Waals surface area contributed by atoms with E-state index in [1.165, 1.54) is 28.9 Å². The fourth-order valence-corrected chi connectivity index (χ4v) is 2.45. The van der Waals surface area contributed by atoms with Crippen LogP contribution in [0, 0.1) is 6.92 Å². The Morgan fingerprint density at radius 3 is 2.36 bits per heavy atom. The number of aryl methyl sites for hydroxylation is 1. The van der Waals surface area contributed by atoms with Crippen LogP contribution in [0.25, 0.3) is 11.8 Å². The van der Waals surface area contributed by atoms with Crippen molar-refractivity contribution < 1.29 is 13.0 Å². The standard InChI is InChI=1S/C15H16N2O4S/c1-3-4-5-6-14-11(2)16-17(15(14)18)12-7-9-13(10-8-12)22(19,20)21/h3-10,16H,1-2H3,(H,19,20,21). The van der Waals surface area contributed by atoms with Crippen LogP contribution in [0.1, 0.15) is 18.2 Å². The van der Waals surface area contributed by atoms with E-state index in [1.54, 1.807) is 19.1 Å². The first-order valence-electron chi connectivity index (χ1n) is 6.53. The van der Waals surface area contributed by atoms with Crippen LogP contribution >= 0.6 is 0 Å². The van der Waals surface area contributed by atoms with Gasteiger partial charge in [0.2, 0.25) is 0 Å². The van der Waals surface area contributed by atoms with Gasteiger partial charge in [-0.25, -0.2) is 4.68 Å². The van der Waals surface area contributed by atoms with Crippen LogP contribution in [0.3, 0.4) is 0 Å². The summed E-state index contributed by atoms with van der Waals surface area (Å²) in [6.07, 6.45) is 7.14. The highest BCUT2D eigenvalue weighted by atomic mass is 32.2. The number of allylic oxidation sites excluding steroid dienone is 3. The van der Waals surface area contributed by atoms with Gasteiger partial charge in [-0.15, -0.1) is 0 Å². The fourth-order valence-electron chi connectivity index (χ4n) is 1.97. The highest BCUT2D eigenvalue weighted by molar-refractivity contribution is 7.85. The number of hydrogen-bond acceptors (Lipinski definition) is 3. The second-order valence-corrected chi connectivity index (χ2v) is 6.07.